The van der Waals surface area contributed by atoms with Gasteiger partial charge in [-0.15, -0.1) is 0 Å². The molecule has 0 N–H and O–H groups in total. The molecule has 2 aromatic rings. The van der Waals surface area contributed by atoms with Crippen LogP contribution >= 0.6 is 0 Å². The lowest BCUT2D eigenvalue weighted by Crippen LogP contribution is -2.37. The highest BCUT2D eigenvalue weighted by Gasteiger charge is 2.19. The van der Waals surface area contributed by atoms with Crippen LogP contribution in [0, 0.1) is 13.8 Å². The first kappa shape index (κ1) is 15.2. The van der Waals surface area contributed by atoms with Gasteiger partial charge in [0.25, 0.3) is 5.91 Å². The maximum Gasteiger partial charge on any atom is 0.255 e. The summed E-state index contributed by atoms with van der Waals surface area (Å²) in [6, 6.07) is 7.72. The molecule has 0 aliphatic carbocycles. The van der Waals surface area contributed by atoms with E-state index in [0.717, 1.165) is 17.8 Å². The van der Waals surface area contributed by atoms with Crippen molar-refractivity contribution < 1.29 is 4.79 Å². The van der Waals surface area contributed by atoms with Crippen LogP contribution in [0.3, 0.4) is 0 Å². The SMILES string of the molecule is Cc1ccnc(C[C@H](C)N(C)C(=O)c2cccnc2C)c1. The molecule has 0 saturated heterocycles. The van der Waals surface area contributed by atoms with Crippen molar-refractivity contribution in [1.82, 2.24) is 14.9 Å². The summed E-state index contributed by atoms with van der Waals surface area (Å²) in [7, 11) is 1.83. The van der Waals surface area contributed by atoms with Crippen molar-refractivity contribution in [3.05, 3.63) is 59.2 Å². The second kappa shape index (κ2) is 6.48. The third-order valence-corrected chi connectivity index (χ3v) is 3.70. The van der Waals surface area contributed by atoms with E-state index in [0.29, 0.717) is 5.56 Å². The maximum atomic E-state index is 12.5. The summed E-state index contributed by atoms with van der Waals surface area (Å²) >= 11 is 0. The van der Waals surface area contributed by atoms with Gasteiger partial charge in [0.2, 0.25) is 0 Å². The number of hydrogen-bond acceptors (Lipinski definition) is 3. The molecular formula is C17H21N3O. The number of pyridine rings is 2. The lowest BCUT2D eigenvalue weighted by molar-refractivity contribution is 0.0741. The van der Waals surface area contributed by atoms with E-state index < -0.39 is 0 Å². The van der Waals surface area contributed by atoms with Gasteiger partial charge in [-0.1, -0.05) is 0 Å². The summed E-state index contributed by atoms with van der Waals surface area (Å²) in [5.41, 5.74) is 3.61. The summed E-state index contributed by atoms with van der Waals surface area (Å²) < 4.78 is 0. The molecule has 0 unspecified atom stereocenters. The minimum absolute atomic E-state index is 0.000697. The number of aromatic nitrogens is 2. The number of carbonyl (C=O) groups is 1. The van der Waals surface area contributed by atoms with Gasteiger partial charge in [0.1, 0.15) is 0 Å². The second-order valence-electron chi connectivity index (χ2n) is 5.43. The van der Waals surface area contributed by atoms with Crippen LogP contribution in [0.25, 0.3) is 0 Å². The molecule has 110 valence electrons. The zero-order valence-corrected chi connectivity index (χ0v) is 13.0. The summed E-state index contributed by atoms with van der Waals surface area (Å²) in [5, 5.41) is 0. The minimum Gasteiger partial charge on any atom is -0.339 e. The molecule has 1 atom stereocenters. The highest BCUT2D eigenvalue weighted by molar-refractivity contribution is 5.95. The summed E-state index contributed by atoms with van der Waals surface area (Å²) in [4.78, 5) is 22.8. The van der Waals surface area contributed by atoms with Crippen molar-refractivity contribution in [2.45, 2.75) is 33.2 Å². The normalized spacial score (nSPS) is 12.0. The molecule has 21 heavy (non-hydrogen) atoms. The molecule has 0 aliphatic heterocycles. The highest BCUT2D eigenvalue weighted by Crippen LogP contribution is 2.12. The van der Waals surface area contributed by atoms with Crippen LogP contribution < -0.4 is 0 Å². The largest absolute Gasteiger partial charge is 0.339 e. The Balaban J connectivity index is 2.10. The van der Waals surface area contributed by atoms with Gasteiger partial charge in [-0.05, 0) is 50.6 Å². The molecule has 1 amide bonds. The third-order valence-electron chi connectivity index (χ3n) is 3.70. The molecule has 2 rings (SSSR count). The highest BCUT2D eigenvalue weighted by atomic mass is 16.2. The number of likely N-dealkylation sites (N-methyl/N-ethyl adjacent to an activating group) is 1. The van der Waals surface area contributed by atoms with Gasteiger partial charge in [-0.2, -0.15) is 0 Å². The van der Waals surface area contributed by atoms with E-state index in [1.54, 1.807) is 17.2 Å². The van der Waals surface area contributed by atoms with Crippen LogP contribution in [0.2, 0.25) is 0 Å². The molecule has 2 aromatic heterocycles. The van der Waals surface area contributed by atoms with Crippen LogP contribution in [0.1, 0.15) is 34.2 Å². The van der Waals surface area contributed by atoms with E-state index in [-0.39, 0.29) is 11.9 Å². The predicted molar refractivity (Wildman–Crippen MR) is 83.2 cm³/mol. The Labute approximate surface area is 125 Å². The molecule has 0 saturated carbocycles. The van der Waals surface area contributed by atoms with Crippen molar-refractivity contribution in [3.63, 3.8) is 0 Å². The Morgan fingerprint density at radius 1 is 1.24 bits per heavy atom. The van der Waals surface area contributed by atoms with E-state index in [1.807, 2.05) is 46.1 Å². The Morgan fingerprint density at radius 2 is 2.00 bits per heavy atom. The lowest BCUT2D eigenvalue weighted by atomic mass is 10.1. The molecule has 0 bridgehead atoms. The van der Waals surface area contributed by atoms with Gasteiger partial charge in [0, 0.05) is 43.3 Å². The molecule has 0 spiro atoms. The topological polar surface area (TPSA) is 46.1 Å². The summed E-state index contributed by atoms with van der Waals surface area (Å²) in [5.74, 6) is 0.000697. The standard InChI is InChI=1S/C17H21N3O/c1-12-7-9-19-15(10-12)11-13(2)20(4)17(21)16-6-5-8-18-14(16)3/h5-10,13H,11H2,1-4H3/t13-/m0/s1. The van der Waals surface area contributed by atoms with Crippen molar-refractivity contribution in [2.24, 2.45) is 0 Å². The van der Waals surface area contributed by atoms with E-state index in [2.05, 4.69) is 16.0 Å². The molecule has 0 radical (unpaired) electrons. The summed E-state index contributed by atoms with van der Waals surface area (Å²) in [6.07, 6.45) is 4.25. The van der Waals surface area contributed by atoms with E-state index in [1.165, 1.54) is 5.56 Å². The van der Waals surface area contributed by atoms with Crippen LogP contribution in [-0.4, -0.2) is 33.9 Å². The summed E-state index contributed by atoms with van der Waals surface area (Å²) in [6.45, 7) is 5.94. The number of nitrogens with zero attached hydrogens (tertiary/aromatic N) is 3. The van der Waals surface area contributed by atoms with Crippen LogP contribution in [0.4, 0.5) is 0 Å². The van der Waals surface area contributed by atoms with E-state index in [4.69, 9.17) is 0 Å². The average Bonchev–Trinajstić information content (AvgIpc) is 2.46. The molecule has 2 heterocycles. The van der Waals surface area contributed by atoms with Gasteiger partial charge < -0.3 is 4.90 Å². The van der Waals surface area contributed by atoms with E-state index >= 15 is 0 Å². The predicted octanol–water partition coefficient (Wildman–Crippen LogP) is 2.80. The Kier molecular flexibility index (Phi) is 4.68. The molecular weight excluding hydrogens is 262 g/mol. The van der Waals surface area contributed by atoms with Crippen molar-refractivity contribution in [3.8, 4) is 0 Å². The van der Waals surface area contributed by atoms with Crippen molar-refractivity contribution >= 4 is 5.91 Å². The second-order valence-corrected chi connectivity index (χ2v) is 5.43. The zero-order chi connectivity index (χ0) is 15.4. The maximum absolute atomic E-state index is 12.5. The number of rotatable bonds is 4. The lowest BCUT2D eigenvalue weighted by Gasteiger charge is -2.25. The first-order valence-corrected chi connectivity index (χ1v) is 7.09. The average molecular weight is 283 g/mol. The fraction of sp³-hybridized carbons (Fsp3) is 0.353. The van der Waals surface area contributed by atoms with Gasteiger partial charge in [-0.25, -0.2) is 0 Å². The molecule has 4 heteroatoms. The number of aryl methyl sites for hydroxylation is 2. The van der Waals surface area contributed by atoms with Crippen LogP contribution in [0.5, 0.6) is 0 Å². The number of hydrogen-bond donors (Lipinski definition) is 0. The molecule has 0 fully saturated rings. The van der Waals surface area contributed by atoms with Gasteiger partial charge >= 0.3 is 0 Å². The Bertz CT molecular complexity index is 639. The molecule has 0 aromatic carbocycles. The number of amides is 1. The first-order valence-electron chi connectivity index (χ1n) is 7.09. The quantitative estimate of drug-likeness (QED) is 0.866. The third kappa shape index (κ3) is 3.66. The minimum atomic E-state index is 0.000697. The zero-order valence-electron chi connectivity index (χ0n) is 13.0. The van der Waals surface area contributed by atoms with Crippen molar-refractivity contribution in [1.29, 1.82) is 0 Å². The van der Waals surface area contributed by atoms with Gasteiger partial charge in [0.05, 0.1) is 5.56 Å². The first-order chi connectivity index (χ1) is 9.99. The fourth-order valence-corrected chi connectivity index (χ4v) is 2.25. The Morgan fingerprint density at radius 3 is 2.67 bits per heavy atom. The van der Waals surface area contributed by atoms with Gasteiger partial charge in [0.15, 0.2) is 0 Å². The number of carbonyl (C=O) groups excluding carboxylic acids is 1. The van der Waals surface area contributed by atoms with Crippen LogP contribution in [0.15, 0.2) is 36.7 Å². The molecule has 4 nitrogen and oxygen atoms in total. The van der Waals surface area contributed by atoms with Crippen LogP contribution in [-0.2, 0) is 6.42 Å². The van der Waals surface area contributed by atoms with Gasteiger partial charge in [-0.3, -0.25) is 14.8 Å². The van der Waals surface area contributed by atoms with Crippen molar-refractivity contribution in [2.75, 3.05) is 7.05 Å². The Hall–Kier alpha value is -2.23. The molecule has 0 aliphatic rings. The monoisotopic (exact) mass is 283 g/mol. The fourth-order valence-electron chi connectivity index (χ4n) is 2.25. The van der Waals surface area contributed by atoms with E-state index in [9.17, 15) is 4.79 Å². The smallest absolute Gasteiger partial charge is 0.255 e.